The number of amides is 2. The van der Waals surface area contributed by atoms with E-state index in [9.17, 15) is 18.0 Å². The number of hydrogen-bond donors (Lipinski definition) is 2. The molecule has 0 fully saturated rings. The van der Waals surface area contributed by atoms with E-state index >= 15 is 0 Å². The lowest BCUT2D eigenvalue weighted by molar-refractivity contribution is 0.0988. The smallest absolute Gasteiger partial charge is 0.258 e. The minimum Gasteiger partial charge on any atom is -0.322 e. The van der Waals surface area contributed by atoms with Crippen LogP contribution in [0.25, 0.3) is 0 Å². The summed E-state index contributed by atoms with van der Waals surface area (Å²) < 4.78 is 27.4. The SMILES string of the molecule is CC(C)(C)NS(=O)(=O)c1ccc(C(=O)Nc2ccc(C(=O)N3CCc4ccccc43)cc2)cc1. The number of rotatable bonds is 5. The first-order valence-corrected chi connectivity index (χ1v) is 12.5. The first kappa shape index (κ1) is 23.7. The fraction of sp³-hybridized carbons (Fsp3) is 0.231. The Kier molecular flexibility index (Phi) is 6.29. The topological polar surface area (TPSA) is 95.6 Å². The van der Waals surface area contributed by atoms with Crippen LogP contribution < -0.4 is 14.9 Å². The first-order valence-electron chi connectivity index (χ1n) is 11.0. The van der Waals surface area contributed by atoms with Gasteiger partial charge in [-0.05, 0) is 87.4 Å². The highest BCUT2D eigenvalue weighted by atomic mass is 32.2. The first-order chi connectivity index (χ1) is 16.0. The largest absolute Gasteiger partial charge is 0.322 e. The van der Waals surface area contributed by atoms with Crippen LogP contribution in [0, 0.1) is 0 Å². The third-order valence-electron chi connectivity index (χ3n) is 5.39. The second-order valence-corrected chi connectivity index (χ2v) is 10.9. The Morgan fingerprint density at radius 3 is 2.12 bits per heavy atom. The van der Waals surface area contributed by atoms with Crippen molar-refractivity contribution in [2.24, 2.45) is 0 Å². The third kappa shape index (κ3) is 5.18. The summed E-state index contributed by atoms with van der Waals surface area (Å²) in [5.41, 5.74) is 2.88. The van der Waals surface area contributed by atoms with Crippen LogP contribution in [-0.4, -0.2) is 32.3 Å². The summed E-state index contributed by atoms with van der Waals surface area (Å²) in [6.07, 6.45) is 0.836. The number of hydrogen-bond acceptors (Lipinski definition) is 4. The van der Waals surface area contributed by atoms with Gasteiger partial charge in [-0.2, -0.15) is 0 Å². The molecule has 1 aliphatic heterocycles. The predicted octanol–water partition coefficient (Wildman–Crippen LogP) is 4.22. The van der Waals surface area contributed by atoms with Crippen molar-refractivity contribution in [3.63, 3.8) is 0 Å². The zero-order chi connectivity index (χ0) is 24.5. The number of fused-ring (bicyclic) bond motifs is 1. The van der Waals surface area contributed by atoms with Gasteiger partial charge in [0.25, 0.3) is 11.8 Å². The molecule has 7 nitrogen and oxygen atoms in total. The minimum absolute atomic E-state index is 0.0801. The summed E-state index contributed by atoms with van der Waals surface area (Å²) in [5.74, 6) is -0.455. The van der Waals surface area contributed by atoms with Crippen LogP contribution in [0.4, 0.5) is 11.4 Å². The molecule has 2 N–H and O–H groups in total. The van der Waals surface area contributed by atoms with E-state index in [1.54, 1.807) is 49.9 Å². The summed E-state index contributed by atoms with van der Waals surface area (Å²) in [4.78, 5) is 27.4. The normalized spacial score (nSPS) is 13.4. The highest BCUT2D eigenvalue weighted by Crippen LogP contribution is 2.29. The van der Waals surface area contributed by atoms with Crippen molar-refractivity contribution in [3.8, 4) is 0 Å². The molecule has 4 rings (SSSR count). The van der Waals surface area contributed by atoms with E-state index in [-0.39, 0.29) is 16.7 Å². The van der Waals surface area contributed by atoms with Crippen LogP contribution in [-0.2, 0) is 16.4 Å². The molecule has 1 heterocycles. The van der Waals surface area contributed by atoms with Gasteiger partial charge >= 0.3 is 0 Å². The maximum atomic E-state index is 12.9. The number of nitrogens with one attached hydrogen (secondary N) is 2. The third-order valence-corrected chi connectivity index (χ3v) is 7.16. The molecular weight excluding hydrogens is 450 g/mol. The molecule has 0 spiro atoms. The zero-order valence-electron chi connectivity index (χ0n) is 19.3. The van der Waals surface area contributed by atoms with Gasteiger partial charge in [-0.3, -0.25) is 9.59 Å². The molecule has 0 bridgehead atoms. The van der Waals surface area contributed by atoms with Crippen LogP contribution in [0.5, 0.6) is 0 Å². The van der Waals surface area contributed by atoms with Crippen molar-refractivity contribution in [2.75, 3.05) is 16.8 Å². The molecular formula is C26H27N3O4S. The lowest BCUT2D eigenvalue weighted by Gasteiger charge is -2.20. The van der Waals surface area contributed by atoms with E-state index in [1.165, 1.54) is 24.3 Å². The van der Waals surface area contributed by atoms with Gasteiger partial charge in [-0.1, -0.05) is 18.2 Å². The van der Waals surface area contributed by atoms with Crippen LogP contribution >= 0.6 is 0 Å². The maximum absolute atomic E-state index is 12.9. The van der Waals surface area contributed by atoms with E-state index < -0.39 is 15.6 Å². The fourth-order valence-corrected chi connectivity index (χ4v) is 5.27. The second-order valence-electron chi connectivity index (χ2n) is 9.25. The molecule has 0 atom stereocenters. The molecule has 0 saturated heterocycles. The lowest BCUT2D eigenvalue weighted by atomic mass is 10.1. The van der Waals surface area contributed by atoms with Crippen LogP contribution in [0.3, 0.4) is 0 Å². The molecule has 0 aliphatic carbocycles. The number of sulfonamides is 1. The Balaban J connectivity index is 1.42. The van der Waals surface area contributed by atoms with Crippen LogP contribution in [0.2, 0.25) is 0 Å². The highest BCUT2D eigenvalue weighted by Gasteiger charge is 2.25. The number of para-hydroxylation sites is 1. The summed E-state index contributed by atoms with van der Waals surface area (Å²) in [5, 5.41) is 2.78. The molecule has 34 heavy (non-hydrogen) atoms. The highest BCUT2D eigenvalue weighted by molar-refractivity contribution is 7.89. The summed E-state index contributed by atoms with van der Waals surface area (Å²) in [6.45, 7) is 5.92. The molecule has 8 heteroatoms. The fourth-order valence-electron chi connectivity index (χ4n) is 3.85. The standard InChI is InChI=1S/C26H27N3O4S/c1-26(2,3)28-34(32,33)22-14-10-19(11-15-22)24(30)27-21-12-8-20(9-13-21)25(31)29-17-16-18-6-4-5-7-23(18)29/h4-15,28H,16-17H2,1-3H3,(H,27,30). The Morgan fingerprint density at radius 2 is 1.47 bits per heavy atom. The summed E-state index contributed by atoms with van der Waals surface area (Å²) >= 11 is 0. The number of nitrogens with zero attached hydrogens (tertiary/aromatic N) is 1. The minimum atomic E-state index is -3.68. The molecule has 0 radical (unpaired) electrons. The van der Waals surface area contributed by atoms with Gasteiger partial charge in [0, 0.05) is 34.6 Å². The number of benzene rings is 3. The van der Waals surface area contributed by atoms with E-state index in [0.29, 0.717) is 23.4 Å². The van der Waals surface area contributed by atoms with Gasteiger partial charge in [0.2, 0.25) is 10.0 Å². The van der Waals surface area contributed by atoms with Crippen LogP contribution in [0.15, 0.2) is 77.7 Å². The number of carbonyl (C=O) groups is 2. The second kappa shape index (κ2) is 9.04. The number of carbonyl (C=O) groups excluding carboxylic acids is 2. The Morgan fingerprint density at radius 1 is 0.853 bits per heavy atom. The average molecular weight is 478 g/mol. The van der Waals surface area contributed by atoms with Gasteiger partial charge in [0.1, 0.15) is 0 Å². The van der Waals surface area contributed by atoms with Crippen molar-refractivity contribution >= 4 is 33.2 Å². The van der Waals surface area contributed by atoms with Crippen LogP contribution in [0.1, 0.15) is 47.1 Å². The Hall–Kier alpha value is -3.49. The Labute approximate surface area is 199 Å². The van der Waals surface area contributed by atoms with Gasteiger partial charge in [0.15, 0.2) is 0 Å². The van der Waals surface area contributed by atoms with E-state index in [4.69, 9.17) is 0 Å². The number of anilines is 2. The zero-order valence-corrected chi connectivity index (χ0v) is 20.1. The Bertz CT molecular complexity index is 1330. The molecule has 3 aromatic carbocycles. The van der Waals surface area contributed by atoms with Gasteiger partial charge < -0.3 is 10.2 Å². The lowest BCUT2D eigenvalue weighted by Crippen LogP contribution is -2.40. The van der Waals surface area contributed by atoms with E-state index in [1.807, 2.05) is 24.3 Å². The predicted molar refractivity (Wildman–Crippen MR) is 133 cm³/mol. The monoisotopic (exact) mass is 477 g/mol. The molecule has 3 aromatic rings. The quantitative estimate of drug-likeness (QED) is 0.575. The molecule has 176 valence electrons. The molecule has 2 amide bonds. The average Bonchev–Trinajstić information content (AvgIpc) is 3.22. The molecule has 0 saturated carbocycles. The van der Waals surface area contributed by atoms with Crippen molar-refractivity contribution in [1.29, 1.82) is 0 Å². The summed E-state index contributed by atoms with van der Waals surface area (Å²) in [6, 6.07) is 20.3. The van der Waals surface area contributed by atoms with Crippen molar-refractivity contribution < 1.29 is 18.0 Å². The van der Waals surface area contributed by atoms with Crippen molar-refractivity contribution in [2.45, 2.75) is 37.6 Å². The maximum Gasteiger partial charge on any atom is 0.258 e. The summed E-state index contributed by atoms with van der Waals surface area (Å²) in [7, 11) is -3.68. The van der Waals surface area contributed by atoms with Gasteiger partial charge in [-0.15, -0.1) is 0 Å². The van der Waals surface area contributed by atoms with E-state index in [0.717, 1.165) is 17.7 Å². The molecule has 0 unspecified atom stereocenters. The van der Waals surface area contributed by atoms with E-state index in [2.05, 4.69) is 10.0 Å². The molecule has 1 aliphatic rings. The van der Waals surface area contributed by atoms with Gasteiger partial charge in [0.05, 0.1) is 4.90 Å². The van der Waals surface area contributed by atoms with Gasteiger partial charge in [-0.25, -0.2) is 13.1 Å². The molecule has 0 aromatic heterocycles. The van der Waals surface area contributed by atoms with Crippen molar-refractivity contribution in [1.82, 2.24) is 4.72 Å². The van der Waals surface area contributed by atoms with Crippen molar-refractivity contribution in [3.05, 3.63) is 89.5 Å².